The number of amides is 5. The Balaban J connectivity index is 0.880. The number of carbonyl (C=O) groups is 5. The average molecular weight is 713 g/mol. The fourth-order valence-electron chi connectivity index (χ4n) is 9.66. The standard InChI is InChI=1S/C40H52N6O6/c1-23(2)45(21-24-13-15-44(16-14-24)32-11-7-25(20-41-32)34(48)43-38-39(3,4)22-40(38,5)6)26-17-28(18-26)52-27-8-9-29-30(19-27)37(51)46(36(29)50)31-10-12-33(47)42-35(31)49/h7-9,11,19-20,23-24,26,28,31,38H,10,12-18,21-22H2,1-6H3,(H,43,48)(H,42,47,49). The molecule has 0 bridgehead atoms. The van der Waals surface area contributed by atoms with Crippen LogP contribution in [0.2, 0.25) is 0 Å². The predicted molar refractivity (Wildman–Crippen MR) is 195 cm³/mol. The monoisotopic (exact) mass is 712 g/mol. The van der Waals surface area contributed by atoms with E-state index in [-0.39, 0.29) is 52.9 Å². The summed E-state index contributed by atoms with van der Waals surface area (Å²) in [7, 11) is 0. The number of anilines is 1. The molecule has 2 aromatic rings. The Bertz CT molecular complexity index is 1740. The third-order valence-corrected chi connectivity index (χ3v) is 12.1. The molecule has 2 saturated carbocycles. The summed E-state index contributed by atoms with van der Waals surface area (Å²) < 4.78 is 6.29. The summed E-state index contributed by atoms with van der Waals surface area (Å²) in [5.41, 5.74) is 1.27. The number of imide groups is 2. The zero-order valence-corrected chi connectivity index (χ0v) is 31.2. The van der Waals surface area contributed by atoms with E-state index in [0.717, 1.165) is 62.5 Å². The number of pyridine rings is 1. The molecule has 278 valence electrons. The first-order valence-electron chi connectivity index (χ1n) is 18.9. The molecule has 12 heteroatoms. The first-order chi connectivity index (χ1) is 24.6. The van der Waals surface area contributed by atoms with Gasteiger partial charge in [-0.1, -0.05) is 27.7 Å². The number of carbonyl (C=O) groups excluding carboxylic acids is 5. The Morgan fingerprint density at radius 2 is 1.67 bits per heavy atom. The summed E-state index contributed by atoms with van der Waals surface area (Å²) in [6.45, 7) is 16.2. The van der Waals surface area contributed by atoms with E-state index in [1.165, 1.54) is 0 Å². The molecule has 0 spiro atoms. The maximum Gasteiger partial charge on any atom is 0.262 e. The molecular formula is C40H52N6O6. The predicted octanol–water partition coefficient (Wildman–Crippen LogP) is 4.57. The van der Waals surface area contributed by atoms with Gasteiger partial charge in [-0.3, -0.25) is 39.1 Å². The van der Waals surface area contributed by atoms with Crippen molar-refractivity contribution < 1.29 is 28.7 Å². The number of hydrogen-bond donors (Lipinski definition) is 2. The van der Waals surface area contributed by atoms with E-state index >= 15 is 0 Å². The highest BCUT2D eigenvalue weighted by Crippen LogP contribution is 2.53. The Kier molecular flexibility index (Phi) is 9.42. The quantitative estimate of drug-likeness (QED) is 0.339. The van der Waals surface area contributed by atoms with Gasteiger partial charge in [0, 0.05) is 63.2 Å². The van der Waals surface area contributed by atoms with Gasteiger partial charge in [-0.05, 0) is 86.6 Å². The lowest BCUT2D eigenvalue weighted by Crippen LogP contribution is -2.63. The summed E-state index contributed by atoms with van der Waals surface area (Å²) in [4.78, 5) is 73.9. The van der Waals surface area contributed by atoms with Gasteiger partial charge in [0.05, 0.1) is 16.7 Å². The topological polar surface area (TPSA) is 141 Å². The number of nitrogens with zero attached hydrogens (tertiary/aromatic N) is 4. The van der Waals surface area contributed by atoms with Gasteiger partial charge in [0.15, 0.2) is 0 Å². The number of benzene rings is 1. The lowest BCUT2D eigenvalue weighted by Gasteiger charge is -2.57. The van der Waals surface area contributed by atoms with Crippen LogP contribution in [0, 0.1) is 16.7 Å². The minimum atomic E-state index is -0.989. The van der Waals surface area contributed by atoms with Crippen LogP contribution in [0.25, 0.3) is 0 Å². The molecule has 1 atom stereocenters. The average Bonchev–Trinajstić information content (AvgIpc) is 3.32. The fraction of sp³-hybridized carbons (Fsp3) is 0.600. The summed E-state index contributed by atoms with van der Waals surface area (Å²) in [5, 5.41) is 5.48. The summed E-state index contributed by atoms with van der Waals surface area (Å²) in [5.74, 6) is -0.103. The van der Waals surface area contributed by atoms with Crippen molar-refractivity contribution in [1.82, 2.24) is 25.4 Å². The number of fused-ring (bicyclic) bond motifs is 1. The highest BCUT2D eigenvalue weighted by molar-refractivity contribution is 6.23. The van der Waals surface area contributed by atoms with Crippen LogP contribution < -0.4 is 20.3 Å². The third kappa shape index (κ3) is 6.81. The van der Waals surface area contributed by atoms with Crippen molar-refractivity contribution in [2.45, 2.75) is 117 Å². The van der Waals surface area contributed by atoms with Crippen LogP contribution in [0.1, 0.15) is 118 Å². The Hall–Kier alpha value is -4.32. The highest BCUT2D eigenvalue weighted by Gasteiger charge is 2.53. The molecule has 3 aliphatic heterocycles. The number of nitrogens with one attached hydrogen (secondary N) is 2. The van der Waals surface area contributed by atoms with Crippen LogP contribution in [0.4, 0.5) is 5.82 Å². The van der Waals surface area contributed by atoms with Gasteiger partial charge in [0.1, 0.15) is 23.7 Å². The number of piperidine rings is 2. The highest BCUT2D eigenvalue weighted by atomic mass is 16.5. The number of ether oxygens (including phenoxy) is 1. The van der Waals surface area contributed by atoms with Gasteiger partial charge >= 0.3 is 0 Å². The van der Waals surface area contributed by atoms with E-state index in [9.17, 15) is 24.0 Å². The largest absolute Gasteiger partial charge is 0.490 e. The van der Waals surface area contributed by atoms with Crippen LogP contribution in [-0.2, 0) is 9.59 Å². The van der Waals surface area contributed by atoms with Crippen molar-refractivity contribution in [1.29, 1.82) is 0 Å². The van der Waals surface area contributed by atoms with Gasteiger partial charge in [-0.25, -0.2) is 4.98 Å². The molecule has 2 saturated heterocycles. The first-order valence-corrected chi connectivity index (χ1v) is 18.9. The smallest absolute Gasteiger partial charge is 0.262 e. The summed E-state index contributed by atoms with van der Waals surface area (Å²) >= 11 is 0. The SMILES string of the molecule is CC(C)N(CC1CCN(c2ccc(C(=O)NC3C(C)(C)CC3(C)C)cn2)CC1)C1CC(Oc2ccc3c(c2)C(=O)N(C2CCC(=O)NC2=O)C3=O)C1. The molecule has 1 unspecified atom stereocenters. The van der Waals surface area contributed by atoms with Gasteiger partial charge < -0.3 is 15.0 Å². The van der Waals surface area contributed by atoms with Crippen LogP contribution in [0.3, 0.4) is 0 Å². The maximum absolute atomic E-state index is 13.2. The molecule has 52 heavy (non-hydrogen) atoms. The molecule has 2 N–H and O–H groups in total. The van der Waals surface area contributed by atoms with E-state index in [1.54, 1.807) is 24.4 Å². The van der Waals surface area contributed by atoms with E-state index in [1.807, 2.05) is 12.1 Å². The second kappa shape index (κ2) is 13.6. The van der Waals surface area contributed by atoms with Gasteiger partial charge in [-0.15, -0.1) is 0 Å². The summed E-state index contributed by atoms with van der Waals surface area (Å²) in [6, 6.07) is 8.74. The molecule has 4 heterocycles. The molecule has 1 aromatic heterocycles. The van der Waals surface area contributed by atoms with E-state index in [4.69, 9.17) is 4.74 Å². The molecule has 5 amide bonds. The van der Waals surface area contributed by atoms with Crippen molar-refractivity contribution in [3.63, 3.8) is 0 Å². The molecule has 5 aliphatic rings. The van der Waals surface area contributed by atoms with Crippen molar-refractivity contribution in [3.8, 4) is 5.75 Å². The van der Waals surface area contributed by atoms with Crippen LogP contribution >= 0.6 is 0 Å². The van der Waals surface area contributed by atoms with Gasteiger partial charge in [0.25, 0.3) is 17.7 Å². The lowest BCUT2D eigenvalue weighted by molar-refractivity contribution is -0.136. The van der Waals surface area contributed by atoms with Crippen LogP contribution in [-0.4, -0.2) is 94.2 Å². The first kappa shape index (κ1) is 36.1. The Labute approximate surface area is 306 Å². The molecule has 2 aliphatic carbocycles. The maximum atomic E-state index is 13.2. The van der Waals surface area contributed by atoms with E-state index in [2.05, 4.69) is 67.0 Å². The lowest BCUT2D eigenvalue weighted by atomic mass is 9.52. The number of rotatable bonds is 10. The zero-order chi connectivity index (χ0) is 37.1. The second-order valence-corrected chi connectivity index (χ2v) is 17.2. The molecule has 1 aromatic carbocycles. The molecule has 7 rings (SSSR count). The van der Waals surface area contributed by atoms with Crippen molar-refractivity contribution >= 4 is 35.4 Å². The molecule has 12 nitrogen and oxygen atoms in total. The van der Waals surface area contributed by atoms with Crippen LogP contribution in [0.5, 0.6) is 5.75 Å². The Morgan fingerprint density at radius 1 is 0.981 bits per heavy atom. The fourth-order valence-corrected chi connectivity index (χ4v) is 9.66. The van der Waals surface area contributed by atoms with Crippen molar-refractivity contribution in [3.05, 3.63) is 53.2 Å². The van der Waals surface area contributed by atoms with Gasteiger partial charge in [0.2, 0.25) is 11.8 Å². The van der Waals surface area contributed by atoms with Crippen molar-refractivity contribution in [2.24, 2.45) is 16.7 Å². The van der Waals surface area contributed by atoms with Gasteiger partial charge in [-0.2, -0.15) is 0 Å². The third-order valence-electron chi connectivity index (χ3n) is 12.1. The summed E-state index contributed by atoms with van der Waals surface area (Å²) in [6.07, 6.45) is 6.91. The zero-order valence-electron chi connectivity index (χ0n) is 31.2. The second-order valence-electron chi connectivity index (χ2n) is 17.2. The normalized spacial score (nSPS) is 25.9. The van der Waals surface area contributed by atoms with E-state index in [0.29, 0.717) is 29.3 Å². The molecule has 0 radical (unpaired) electrons. The minimum absolute atomic E-state index is 0.00687. The molecule has 4 fully saturated rings. The number of aromatic nitrogens is 1. The Morgan fingerprint density at radius 3 is 2.29 bits per heavy atom. The minimum Gasteiger partial charge on any atom is -0.490 e. The van der Waals surface area contributed by atoms with Crippen LogP contribution in [0.15, 0.2) is 36.5 Å². The molecular weight excluding hydrogens is 660 g/mol. The number of hydrogen-bond acceptors (Lipinski definition) is 9. The van der Waals surface area contributed by atoms with E-state index < -0.39 is 29.7 Å². The van der Waals surface area contributed by atoms with Crippen molar-refractivity contribution in [2.75, 3.05) is 24.5 Å².